The third-order valence-electron chi connectivity index (χ3n) is 3.72. The maximum Gasteiger partial charge on any atom is 0.125 e. The summed E-state index contributed by atoms with van der Waals surface area (Å²) < 4.78 is 0. The number of hydrogen-bond acceptors (Lipinski definition) is 4. The average molecular weight is 268 g/mol. The van der Waals surface area contributed by atoms with Crippen molar-refractivity contribution < 1.29 is 0 Å². The Hall–Kier alpha value is -1.78. The minimum absolute atomic E-state index is 0.325. The van der Waals surface area contributed by atoms with Gasteiger partial charge in [0.15, 0.2) is 0 Å². The molecule has 4 nitrogen and oxygen atoms in total. The topological polar surface area (TPSA) is 41.1 Å². The van der Waals surface area contributed by atoms with Crippen molar-refractivity contribution in [3.8, 4) is 0 Å². The molecule has 0 saturated carbocycles. The first-order valence-corrected chi connectivity index (χ1v) is 7.11. The molecule has 4 heteroatoms. The second-order valence-corrected chi connectivity index (χ2v) is 5.20. The first-order chi connectivity index (χ1) is 9.83. The Labute approximate surface area is 119 Å². The van der Waals surface area contributed by atoms with Gasteiger partial charge in [-0.2, -0.15) is 0 Å². The lowest BCUT2D eigenvalue weighted by atomic mass is 10.1. The molecule has 0 bridgehead atoms. The lowest BCUT2D eigenvalue weighted by molar-refractivity contribution is 0.150. The van der Waals surface area contributed by atoms with E-state index in [1.807, 2.05) is 19.2 Å². The highest BCUT2D eigenvalue weighted by atomic mass is 15.2. The number of hydrogen-bond donors (Lipinski definition) is 1. The molecule has 104 valence electrons. The molecule has 2 aromatic rings. The van der Waals surface area contributed by atoms with Crippen LogP contribution in [0.4, 0.5) is 0 Å². The van der Waals surface area contributed by atoms with E-state index in [2.05, 4.69) is 50.5 Å². The molecule has 1 aromatic heterocycles. The fourth-order valence-corrected chi connectivity index (χ4v) is 2.71. The van der Waals surface area contributed by atoms with Crippen LogP contribution in [0.25, 0.3) is 0 Å². The van der Waals surface area contributed by atoms with E-state index in [4.69, 9.17) is 0 Å². The van der Waals surface area contributed by atoms with Crippen molar-refractivity contribution in [2.45, 2.75) is 19.5 Å². The molecule has 1 aromatic carbocycles. The van der Waals surface area contributed by atoms with E-state index in [-0.39, 0.29) is 0 Å². The van der Waals surface area contributed by atoms with E-state index in [0.29, 0.717) is 6.04 Å². The molecule has 2 heterocycles. The average Bonchev–Trinajstić information content (AvgIpc) is 2.49. The standard InChI is InChI=1S/C16H20N4/c1-13-18-8-7-15(19-13)16-11-17-9-10-20(16)12-14-5-3-2-4-6-14/h2-8,16-17H,9-12H2,1H3. The van der Waals surface area contributed by atoms with Gasteiger partial charge >= 0.3 is 0 Å². The Kier molecular flexibility index (Phi) is 4.04. The maximum atomic E-state index is 4.60. The van der Waals surface area contributed by atoms with Gasteiger partial charge < -0.3 is 5.32 Å². The first-order valence-electron chi connectivity index (χ1n) is 7.11. The van der Waals surface area contributed by atoms with Crippen LogP contribution in [0.5, 0.6) is 0 Å². The van der Waals surface area contributed by atoms with Gasteiger partial charge in [0.25, 0.3) is 0 Å². The second-order valence-electron chi connectivity index (χ2n) is 5.20. The number of aromatic nitrogens is 2. The third kappa shape index (κ3) is 3.03. The number of rotatable bonds is 3. The van der Waals surface area contributed by atoms with Crippen LogP contribution in [-0.2, 0) is 6.54 Å². The molecule has 1 aliphatic rings. The highest BCUT2D eigenvalue weighted by Gasteiger charge is 2.24. The van der Waals surface area contributed by atoms with Gasteiger partial charge in [-0.25, -0.2) is 9.97 Å². The van der Waals surface area contributed by atoms with Gasteiger partial charge in [0, 0.05) is 32.4 Å². The Morgan fingerprint density at radius 3 is 2.90 bits per heavy atom. The van der Waals surface area contributed by atoms with Gasteiger partial charge in [-0.15, -0.1) is 0 Å². The molecule has 1 aliphatic heterocycles. The van der Waals surface area contributed by atoms with Gasteiger partial charge in [-0.05, 0) is 18.6 Å². The van der Waals surface area contributed by atoms with Crippen LogP contribution in [-0.4, -0.2) is 34.5 Å². The Bertz CT molecular complexity index is 555. The van der Waals surface area contributed by atoms with Gasteiger partial charge in [0.2, 0.25) is 0 Å². The number of nitrogens with zero attached hydrogens (tertiary/aromatic N) is 3. The predicted octanol–water partition coefficient (Wildman–Crippen LogP) is 1.93. The lowest BCUT2D eigenvalue weighted by Gasteiger charge is -2.35. The Morgan fingerprint density at radius 2 is 2.10 bits per heavy atom. The van der Waals surface area contributed by atoms with E-state index < -0.39 is 0 Å². The number of nitrogens with one attached hydrogen (secondary N) is 1. The van der Waals surface area contributed by atoms with Gasteiger partial charge in [-0.3, -0.25) is 4.90 Å². The molecule has 20 heavy (non-hydrogen) atoms. The quantitative estimate of drug-likeness (QED) is 0.923. The summed E-state index contributed by atoms with van der Waals surface area (Å²) >= 11 is 0. The van der Waals surface area contributed by atoms with Gasteiger partial charge in [-0.1, -0.05) is 30.3 Å². The van der Waals surface area contributed by atoms with Gasteiger partial charge in [0.1, 0.15) is 5.82 Å². The van der Waals surface area contributed by atoms with Crippen LogP contribution < -0.4 is 5.32 Å². The summed E-state index contributed by atoms with van der Waals surface area (Å²) in [5.74, 6) is 0.840. The predicted molar refractivity (Wildman–Crippen MR) is 79.2 cm³/mol. The molecule has 1 fully saturated rings. The number of piperazine rings is 1. The normalized spacial score (nSPS) is 19.9. The Balaban J connectivity index is 1.80. The van der Waals surface area contributed by atoms with E-state index in [0.717, 1.165) is 37.7 Å². The molecule has 1 unspecified atom stereocenters. The van der Waals surface area contributed by atoms with Crippen molar-refractivity contribution in [3.63, 3.8) is 0 Å². The van der Waals surface area contributed by atoms with Gasteiger partial charge in [0.05, 0.1) is 11.7 Å². The zero-order valence-electron chi connectivity index (χ0n) is 11.8. The van der Waals surface area contributed by atoms with E-state index >= 15 is 0 Å². The molecule has 0 radical (unpaired) electrons. The van der Waals surface area contributed by atoms with Crippen LogP contribution >= 0.6 is 0 Å². The van der Waals surface area contributed by atoms with Crippen molar-refractivity contribution in [2.75, 3.05) is 19.6 Å². The smallest absolute Gasteiger partial charge is 0.125 e. The summed E-state index contributed by atoms with van der Waals surface area (Å²) in [4.78, 5) is 11.3. The minimum Gasteiger partial charge on any atom is -0.313 e. The minimum atomic E-state index is 0.325. The molecule has 0 spiro atoms. The second kappa shape index (κ2) is 6.11. The van der Waals surface area contributed by atoms with Crippen LogP contribution in [0.3, 0.4) is 0 Å². The van der Waals surface area contributed by atoms with Crippen LogP contribution in [0, 0.1) is 6.92 Å². The number of benzene rings is 1. The zero-order valence-corrected chi connectivity index (χ0v) is 11.8. The molecule has 3 rings (SSSR count). The highest BCUT2D eigenvalue weighted by Crippen LogP contribution is 2.22. The zero-order chi connectivity index (χ0) is 13.8. The summed E-state index contributed by atoms with van der Waals surface area (Å²) in [6.07, 6.45) is 1.85. The summed E-state index contributed by atoms with van der Waals surface area (Å²) in [6.45, 7) is 5.94. The SMILES string of the molecule is Cc1nccc(C2CNCCN2Cc2ccccc2)n1. The summed E-state index contributed by atoms with van der Waals surface area (Å²) in [7, 11) is 0. The Morgan fingerprint density at radius 1 is 1.25 bits per heavy atom. The van der Waals surface area contributed by atoms with Crippen molar-refractivity contribution in [2.24, 2.45) is 0 Å². The highest BCUT2D eigenvalue weighted by molar-refractivity contribution is 5.16. The van der Waals surface area contributed by atoms with Crippen molar-refractivity contribution in [3.05, 3.63) is 59.7 Å². The van der Waals surface area contributed by atoms with E-state index in [1.54, 1.807) is 0 Å². The molecule has 1 saturated heterocycles. The van der Waals surface area contributed by atoms with Crippen molar-refractivity contribution >= 4 is 0 Å². The first kappa shape index (κ1) is 13.2. The lowest BCUT2D eigenvalue weighted by Crippen LogP contribution is -2.45. The monoisotopic (exact) mass is 268 g/mol. The molecule has 1 atom stereocenters. The van der Waals surface area contributed by atoms with Crippen LogP contribution in [0.2, 0.25) is 0 Å². The van der Waals surface area contributed by atoms with Crippen LogP contribution in [0.15, 0.2) is 42.6 Å². The van der Waals surface area contributed by atoms with Crippen LogP contribution in [0.1, 0.15) is 23.1 Å². The van der Waals surface area contributed by atoms with Crippen molar-refractivity contribution in [1.82, 2.24) is 20.2 Å². The number of aryl methyl sites for hydroxylation is 1. The molecular weight excluding hydrogens is 248 g/mol. The molecule has 0 amide bonds. The fraction of sp³-hybridized carbons (Fsp3) is 0.375. The molecular formula is C16H20N4. The summed E-state index contributed by atoms with van der Waals surface area (Å²) in [6, 6.07) is 13.0. The van der Waals surface area contributed by atoms with E-state index in [9.17, 15) is 0 Å². The molecule has 1 N–H and O–H groups in total. The summed E-state index contributed by atoms with van der Waals surface area (Å²) in [5, 5.41) is 3.47. The maximum absolute atomic E-state index is 4.60. The van der Waals surface area contributed by atoms with E-state index in [1.165, 1.54) is 5.56 Å². The molecule has 0 aliphatic carbocycles. The fourth-order valence-electron chi connectivity index (χ4n) is 2.71. The largest absolute Gasteiger partial charge is 0.313 e. The summed E-state index contributed by atoms with van der Waals surface area (Å²) in [5.41, 5.74) is 2.46. The third-order valence-corrected chi connectivity index (χ3v) is 3.72. The van der Waals surface area contributed by atoms with Crippen molar-refractivity contribution in [1.29, 1.82) is 0 Å².